The predicted octanol–water partition coefficient (Wildman–Crippen LogP) is 2.18. The second-order valence-corrected chi connectivity index (χ2v) is 5.54. The lowest BCUT2D eigenvalue weighted by molar-refractivity contribution is 0.0597. The fourth-order valence-corrected chi connectivity index (χ4v) is 3.23. The fourth-order valence-electron chi connectivity index (χ4n) is 3.23. The summed E-state index contributed by atoms with van der Waals surface area (Å²) in [7, 11) is 4.17. The molecule has 6 heteroatoms. The van der Waals surface area contributed by atoms with Gasteiger partial charge in [-0.1, -0.05) is 18.9 Å². The standard InChI is InChI=1S/C17H20N2O4/c1-19-15(20)13-12(17(10-18)8-4-5-9-17)7-6-11(14(13)22-2)16(21)23-3/h6-7H,4-5,8-9H2,1-3H3,(H,19,20). The van der Waals surface area contributed by atoms with Gasteiger partial charge >= 0.3 is 5.97 Å². The number of methoxy groups -OCH3 is 2. The molecular weight excluding hydrogens is 296 g/mol. The molecule has 0 aliphatic heterocycles. The Balaban J connectivity index is 2.76. The third-order valence-electron chi connectivity index (χ3n) is 4.41. The summed E-state index contributed by atoms with van der Waals surface area (Å²) in [6.07, 6.45) is 3.24. The number of rotatable bonds is 4. The van der Waals surface area contributed by atoms with Crippen molar-refractivity contribution in [3.8, 4) is 11.8 Å². The molecule has 23 heavy (non-hydrogen) atoms. The Bertz CT molecular complexity index is 670. The van der Waals surface area contributed by atoms with Crippen molar-refractivity contribution >= 4 is 11.9 Å². The highest BCUT2D eigenvalue weighted by atomic mass is 16.5. The second kappa shape index (κ2) is 6.69. The van der Waals surface area contributed by atoms with Gasteiger partial charge in [0.2, 0.25) is 0 Å². The Morgan fingerprint density at radius 3 is 2.39 bits per heavy atom. The van der Waals surface area contributed by atoms with E-state index in [1.54, 1.807) is 12.1 Å². The Morgan fingerprint density at radius 2 is 1.91 bits per heavy atom. The number of esters is 1. The molecule has 6 nitrogen and oxygen atoms in total. The van der Waals surface area contributed by atoms with E-state index in [1.165, 1.54) is 21.3 Å². The molecule has 0 radical (unpaired) electrons. The first kappa shape index (κ1) is 16.8. The minimum Gasteiger partial charge on any atom is -0.495 e. The number of hydrogen-bond donors (Lipinski definition) is 1. The Morgan fingerprint density at radius 1 is 1.26 bits per heavy atom. The Kier molecular flexibility index (Phi) is 4.89. The topological polar surface area (TPSA) is 88.4 Å². The van der Waals surface area contributed by atoms with Crippen LogP contribution in [0.2, 0.25) is 0 Å². The molecular formula is C17H20N2O4. The molecule has 1 saturated carbocycles. The molecule has 1 aliphatic rings. The predicted molar refractivity (Wildman–Crippen MR) is 83.5 cm³/mol. The summed E-state index contributed by atoms with van der Waals surface area (Å²) in [5.41, 5.74) is 0.301. The summed E-state index contributed by atoms with van der Waals surface area (Å²) >= 11 is 0. The minimum absolute atomic E-state index is 0.148. The lowest BCUT2D eigenvalue weighted by Crippen LogP contribution is -2.28. The van der Waals surface area contributed by atoms with Gasteiger partial charge < -0.3 is 14.8 Å². The molecule has 1 aromatic carbocycles. The van der Waals surface area contributed by atoms with Crippen molar-refractivity contribution < 1.29 is 19.1 Å². The average molecular weight is 316 g/mol. The largest absolute Gasteiger partial charge is 0.495 e. The molecule has 0 saturated heterocycles. The number of carbonyl (C=O) groups excluding carboxylic acids is 2. The summed E-state index contributed by atoms with van der Waals surface area (Å²) in [6.45, 7) is 0. The van der Waals surface area contributed by atoms with E-state index in [0.29, 0.717) is 18.4 Å². The van der Waals surface area contributed by atoms with Gasteiger partial charge in [0.25, 0.3) is 5.91 Å². The van der Waals surface area contributed by atoms with E-state index < -0.39 is 11.4 Å². The maximum absolute atomic E-state index is 12.4. The number of ether oxygens (including phenoxy) is 2. The van der Waals surface area contributed by atoms with E-state index in [9.17, 15) is 14.9 Å². The van der Waals surface area contributed by atoms with Crippen LogP contribution in [0, 0.1) is 11.3 Å². The summed E-state index contributed by atoms with van der Waals surface area (Å²) in [5, 5.41) is 12.3. The molecule has 1 aromatic rings. The van der Waals surface area contributed by atoms with E-state index in [2.05, 4.69) is 11.4 Å². The molecule has 0 heterocycles. The highest BCUT2D eigenvalue weighted by molar-refractivity contribution is 6.04. The number of nitrogens with zero attached hydrogens (tertiary/aromatic N) is 1. The summed E-state index contributed by atoms with van der Waals surface area (Å²) in [4.78, 5) is 24.4. The maximum atomic E-state index is 12.4. The molecule has 0 bridgehead atoms. The van der Waals surface area contributed by atoms with Crippen molar-refractivity contribution in [2.45, 2.75) is 31.1 Å². The minimum atomic E-state index is -0.718. The molecule has 0 atom stereocenters. The van der Waals surface area contributed by atoms with Crippen LogP contribution >= 0.6 is 0 Å². The Labute approximate surface area is 135 Å². The van der Waals surface area contributed by atoms with Gasteiger partial charge in [-0.15, -0.1) is 0 Å². The molecule has 1 N–H and O–H groups in total. The van der Waals surface area contributed by atoms with Crippen molar-refractivity contribution in [2.75, 3.05) is 21.3 Å². The van der Waals surface area contributed by atoms with Crippen LogP contribution in [0.1, 0.15) is 52.0 Å². The molecule has 1 aliphatic carbocycles. The summed E-state index contributed by atoms with van der Waals surface area (Å²) in [5.74, 6) is -0.824. The monoisotopic (exact) mass is 316 g/mol. The summed E-state index contributed by atoms with van der Waals surface area (Å²) < 4.78 is 10.1. The molecule has 1 fully saturated rings. The van der Waals surface area contributed by atoms with Crippen LogP contribution in [-0.2, 0) is 10.2 Å². The van der Waals surface area contributed by atoms with Crippen LogP contribution < -0.4 is 10.1 Å². The number of hydrogen-bond acceptors (Lipinski definition) is 5. The molecule has 1 amide bonds. The fraction of sp³-hybridized carbons (Fsp3) is 0.471. The van der Waals surface area contributed by atoms with Gasteiger partial charge in [-0.3, -0.25) is 4.79 Å². The van der Waals surface area contributed by atoms with Crippen LogP contribution in [-0.4, -0.2) is 33.1 Å². The molecule has 2 rings (SSSR count). The van der Waals surface area contributed by atoms with Crippen molar-refractivity contribution in [3.05, 3.63) is 28.8 Å². The van der Waals surface area contributed by atoms with E-state index in [1.807, 2.05) is 0 Å². The lowest BCUT2D eigenvalue weighted by Gasteiger charge is -2.25. The average Bonchev–Trinajstić information content (AvgIpc) is 3.09. The van der Waals surface area contributed by atoms with Crippen molar-refractivity contribution in [3.63, 3.8) is 0 Å². The first-order valence-corrected chi connectivity index (χ1v) is 7.47. The van der Waals surface area contributed by atoms with Gasteiger partial charge in [0, 0.05) is 7.05 Å². The van der Waals surface area contributed by atoms with Crippen LogP contribution in [0.4, 0.5) is 0 Å². The number of benzene rings is 1. The summed E-state index contributed by atoms with van der Waals surface area (Å²) in [6, 6.07) is 5.61. The third kappa shape index (κ3) is 2.74. The molecule has 0 spiro atoms. The highest BCUT2D eigenvalue weighted by Gasteiger charge is 2.40. The Hall–Kier alpha value is -2.55. The second-order valence-electron chi connectivity index (χ2n) is 5.54. The smallest absolute Gasteiger partial charge is 0.341 e. The quantitative estimate of drug-likeness (QED) is 0.860. The van der Waals surface area contributed by atoms with E-state index in [-0.39, 0.29) is 22.8 Å². The maximum Gasteiger partial charge on any atom is 0.341 e. The van der Waals surface area contributed by atoms with Crippen molar-refractivity contribution in [1.29, 1.82) is 5.26 Å². The van der Waals surface area contributed by atoms with Crippen LogP contribution in [0.15, 0.2) is 12.1 Å². The van der Waals surface area contributed by atoms with Gasteiger partial charge in [-0.05, 0) is 24.5 Å². The van der Waals surface area contributed by atoms with Gasteiger partial charge in [0.05, 0.1) is 31.3 Å². The lowest BCUT2D eigenvalue weighted by atomic mass is 9.77. The van der Waals surface area contributed by atoms with Gasteiger partial charge in [-0.25, -0.2) is 4.79 Å². The number of carbonyl (C=O) groups is 2. The zero-order valence-electron chi connectivity index (χ0n) is 13.6. The first-order valence-electron chi connectivity index (χ1n) is 7.47. The number of amides is 1. The van der Waals surface area contributed by atoms with Crippen LogP contribution in [0.3, 0.4) is 0 Å². The zero-order valence-corrected chi connectivity index (χ0v) is 13.6. The molecule has 0 aromatic heterocycles. The van der Waals surface area contributed by atoms with Crippen LogP contribution in [0.25, 0.3) is 0 Å². The number of nitrogens with one attached hydrogen (secondary N) is 1. The zero-order chi connectivity index (χ0) is 17.0. The van der Waals surface area contributed by atoms with E-state index in [0.717, 1.165) is 12.8 Å². The van der Waals surface area contributed by atoms with Crippen molar-refractivity contribution in [1.82, 2.24) is 5.32 Å². The van der Waals surface area contributed by atoms with E-state index >= 15 is 0 Å². The van der Waals surface area contributed by atoms with Gasteiger partial charge in [-0.2, -0.15) is 5.26 Å². The number of nitriles is 1. The van der Waals surface area contributed by atoms with E-state index in [4.69, 9.17) is 9.47 Å². The normalized spacial score (nSPS) is 15.6. The SMILES string of the molecule is CNC(=O)c1c(C2(C#N)CCCC2)ccc(C(=O)OC)c1OC. The van der Waals surface area contributed by atoms with Gasteiger partial charge in [0.15, 0.2) is 0 Å². The van der Waals surface area contributed by atoms with Crippen molar-refractivity contribution in [2.24, 2.45) is 0 Å². The highest BCUT2D eigenvalue weighted by Crippen LogP contribution is 2.44. The first-order chi connectivity index (χ1) is 11.0. The third-order valence-corrected chi connectivity index (χ3v) is 4.41. The van der Waals surface area contributed by atoms with Crippen LogP contribution in [0.5, 0.6) is 5.75 Å². The molecule has 122 valence electrons. The van der Waals surface area contributed by atoms with Gasteiger partial charge in [0.1, 0.15) is 11.3 Å². The molecule has 0 unspecified atom stereocenters.